The van der Waals surface area contributed by atoms with Crippen molar-refractivity contribution in [2.75, 3.05) is 26.4 Å². The number of ketones is 1. The largest absolute Gasteiger partial charge is 0.510 e. The van der Waals surface area contributed by atoms with Crippen molar-refractivity contribution in [2.24, 2.45) is 16.9 Å². The molecule has 0 saturated carbocycles. The van der Waals surface area contributed by atoms with Crippen LogP contribution in [-0.4, -0.2) is 293 Å². The zero-order valence-corrected chi connectivity index (χ0v) is 63.1. The zero-order valence-electron chi connectivity index (χ0n) is 62.2. The van der Waals surface area contributed by atoms with Gasteiger partial charge < -0.3 is 146 Å². The molecule has 27 atom stereocenters. The number of hydrogen-bond acceptors (Lipinski definition) is 32. The van der Waals surface area contributed by atoms with E-state index >= 15 is 0 Å². The van der Waals surface area contributed by atoms with Gasteiger partial charge in [-0.15, -0.1) is 0 Å². The minimum atomic E-state index is -5.85. The summed E-state index contributed by atoms with van der Waals surface area (Å²) in [6, 6.07) is -4.00. The lowest BCUT2D eigenvalue weighted by atomic mass is 9.85. The molecule has 0 aromatic heterocycles. The van der Waals surface area contributed by atoms with Crippen LogP contribution in [0.5, 0.6) is 0 Å². The summed E-state index contributed by atoms with van der Waals surface area (Å²) in [6.07, 6.45) is -35.4. The third kappa shape index (κ3) is 25.4. The van der Waals surface area contributed by atoms with Crippen molar-refractivity contribution in [1.29, 1.82) is 0 Å². The van der Waals surface area contributed by atoms with Crippen LogP contribution < -0.4 is 27.4 Å². The third-order valence-electron chi connectivity index (χ3n) is 18.9. The standard InChI is InChI=1S/C69H108N5O34P/c1-30(2)15-14-17-31(3)18-19-33(5)22-25-68(9,10)24-13-12-16-32(4)23-26-96-41(61(90)91)29-98-109(94,95)108-66-56(57(107-67(71)92)69(11,93)58(106-66)59(70)88)105-63-44(73-36(8)77)47(82)54(40(101-63)28-97-64-51(86)48(83)45(80)39(27-75)100-64)103-62-43(72-35(7)76)46(81)53(34(6)99-62)102-65-52(87)49(84)50(85)55(104-65)60(89)74-42-37(78)20-21-38(42)79/h13,15,18,23-24,34,39-41,43-58,62-66,75,78,80-87,93H,5,12,14,16-17,19-22,25-29H2,1-4,6-11H3,(H2,70,88)(H2,71,92)(H,72,76)(H,73,77)(H,74,89)(H,90,91)(H,94,95)/b24-13+,31-18+,32-23-/t34?,39?,40?,41-,43?,44?,45+,46-,47-,48+,49+,50-,51?,52?,53+,54+,55?,56?,57-,58?,62+,63+,64-,65-,66+,69+/m1/s1. The van der Waals surface area contributed by atoms with Crippen LogP contribution in [0.1, 0.15) is 127 Å². The Hall–Kier alpha value is -6.16. The van der Waals surface area contributed by atoms with E-state index in [1.807, 2.05) is 6.08 Å². The number of amides is 5. The second kappa shape index (κ2) is 40.5. The molecule has 618 valence electrons. The van der Waals surface area contributed by atoms with E-state index in [4.69, 9.17) is 72.6 Å². The number of aliphatic carboxylic acids is 1. The van der Waals surface area contributed by atoms with Gasteiger partial charge in [0, 0.05) is 26.7 Å². The van der Waals surface area contributed by atoms with Crippen LogP contribution in [0.3, 0.4) is 0 Å². The summed E-state index contributed by atoms with van der Waals surface area (Å²) in [5.41, 5.74) is 12.0. The van der Waals surface area contributed by atoms with Gasteiger partial charge in [-0.3, -0.25) is 33.0 Å². The summed E-state index contributed by atoms with van der Waals surface area (Å²) < 4.78 is 88.9. The van der Waals surface area contributed by atoms with Gasteiger partial charge in [-0.1, -0.05) is 73.1 Å². The fraction of sp³-hybridized carbons (Fsp3) is 0.725. The van der Waals surface area contributed by atoms with Crippen molar-refractivity contribution in [3.63, 3.8) is 0 Å². The normalized spacial score (nSPS) is 35.6. The second-order valence-corrected chi connectivity index (χ2v) is 30.3. The van der Waals surface area contributed by atoms with E-state index in [0.29, 0.717) is 12.8 Å². The number of carbonyl (C=O) groups excluding carboxylic acids is 6. The predicted molar refractivity (Wildman–Crippen MR) is 372 cm³/mol. The highest BCUT2D eigenvalue weighted by Gasteiger charge is 2.62. The molecule has 5 amide bonds. The fourth-order valence-electron chi connectivity index (χ4n) is 12.6. The number of allylic oxidation sites excluding steroid dienone is 10. The number of aliphatic hydroxyl groups is 11. The molecule has 5 aliphatic heterocycles. The van der Waals surface area contributed by atoms with Crippen LogP contribution in [0.25, 0.3) is 0 Å². The number of nitrogens with one attached hydrogen (secondary N) is 3. The van der Waals surface area contributed by atoms with Crippen LogP contribution in [0.15, 0.2) is 70.7 Å². The summed E-state index contributed by atoms with van der Waals surface area (Å²) in [7, 11) is -5.85. The summed E-state index contributed by atoms with van der Waals surface area (Å²) in [6.45, 7) is 16.8. The van der Waals surface area contributed by atoms with Crippen LogP contribution in [-0.2, 0) is 94.5 Å². The number of rotatable bonds is 37. The van der Waals surface area contributed by atoms with Crippen molar-refractivity contribution in [2.45, 2.75) is 286 Å². The highest BCUT2D eigenvalue weighted by Crippen LogP contribution is 2.49. The van der Waals surface area contributed by atoms with E-state index in [9.17, 15) is 104 Å². The molecular formula is C69H108N5O34P. The number of phosphoric ester groups is 1. The lowest BCUT2D eigenvalue weighted by molar-refractivity contribution is -0.375. The third-order valence-corrected chi connectivity index (χ3v) is 19.9. The number of carboxylic acids is 1. The fourth-order valence-corrected chi connectivity index (χ4v) is 13.5. The van der Waals surface area contributed by atoms with Gasteiger partial charge >= 0.3 is 19.9 Å². The molecule has 11 unspecified atom stereocenters. The number of carbonyl (C=O) groups is 7. The maximum atomic E-state index is 14.1. The molecule has 1 aliphatic carbocycles. The van der Waals surface area contributed by atoms with Gasteiger partial charge in [0.2, 0.25) is 17.7 Å². The van der Waals surface area contributed by atoms with E-state index in [1.54, 1.807) is 13.0 Å². The Morgan fingerprint density at radius 1 is 0.716 bits per heavy atom. The van der Waals surface area contributed by atoms with Gasteiger partial charge in [0.25, 0.3) is 5.91 Å². The SMILES string of the molecule is C=C(C/C=C(\C)CCC=C(C)C)CCC(C)(C)/C=C/CC/C(C)=C\CO[C@H](COP(=O)(O)O[C@@H]1OC(C(N)=O)[C@@](C)(O)[C@H](OC(N)=O)C1O[C@@H]1OC(CO[C@@H]2OC(CO)[C@H](O)[C@H](O)C2O)[C@H](O[C@@H]2OC(C)[C@H](O[C@@H]3OC(C(=O)NC4=C(O)CCC4=O)[C@H](O)[C@H](O)C3O)[C@H](O)C2NC(C)=O)[C@H](O)C1NC(C)=O)C(=O)O. The maximum absolute atomic E-state index is 14.1. The molecule has 6 aliphatic rings. The van der Waals surface area contributed by atoms with E-state index in [2.05, 4.69) is 75.4 Å². The van der Waals surface area contributed by atoms with Crippen LogP contribution in [0.2, 0.25) is 0 Å². The minimum Gasteiger partial charge on any atom is -0.510 e. The van der Waals surface area contributed by atoms with Crippen molar-refractivity contribution in [1.82, 2.24) is 16.0 Å². The van der Waals surface area contributed by atoms with E-state index in [0.717, 1.165) is 64.0 Å². The van der Waals surface area contributed by atoms with Gasteiger partial charge in [0.15, 0.2) is 67.8 Å². The van der Waals surface area contributed by atoms with Crippen LogP contribution in [0, 0.1) is 5.41 Å². The van der Waals surface area contributed by atoms with Gasteiger partial charge in [0.05, 0.1) is 32.5 Å². The van der Waals surface area contributed by atoms with Gasteiger partial charge in [-0.25, -0.2) is 14.2 Å². The summed E-state index contributed by atoms with van der Waals surface area (Å²) >= 11 is 0. The average Bonchev–Trinajstić information content (AvgIpc) is 1.80. The van der Waals surface area contributed by atoms with Crippen LogP contribution in [0.4, 0.5) is 4.79 Å². The molecule has 39 nitrogen and oxygen atoms in total. The Balaban J connectivity index is 1.25. The van der Waals surface area contributed by atoms with Gasteiger partial charge in [-0.05, 0) is 91.9 Å². The minimum absolute atomic E-state index is 0.128. The first-order valence-electron chi connectivity index (χ1n) is 35.4. The molecule has 0 bridgehead atoms. The number of phosphoric acid groups is 1. The topological polar surface area (TPSA) is 608 Å². The number of Topliss-reactive ketones (excluding diaryl/α,β-unsaturated/α-hetero) is 1. The number of carboxylic acid groups (broad SMARTS) is 1. The first-order valence-corrected chi connectivity index (χ1v) is 36.9. The lowest BCUT2D eigenvalue weighted by Gasteiger charge is -2.52. The average molecular weight is 1580 g/mol. The molecule has 6 rings (SSSR count). The second-order valence-electron chi connectivity index (χ2n) is 28.9. The molecule has 0 aromatic carbocycles. The number of primary amides is 2. The molecule has 20 N–H and O–H groups in total. The maximum Gasteiger partial charge on any atom is 0.474 e. The first kappa shape index (κ1) is 91.7. The molecule has 40 heteroatoms. The Morgan fingerprint density at radius 3 is 1.88 bits per heavy atom. The van der Waals surface area contributed by atoms with E-state index in [-0.39, 0.29) is 24.9 Å². The Morgan fingerprint density at radius 2 is 1.29 bits per heavy atom. The van der Waals surface area contributed by atoms with Crippen molar-refractivity contribution in [3.05, 3.63) is 70.7 Å². The molecule has 5 heterocycles. The predicted octanol–water partition coefficient (Wildman–Crippen LogP) is -2.03. The lowest BCUT2D eigenvalue weighted by Crippen LogP contribution is -2.72. The monoisotopic (exact) mass is 1580 g/mol. The van der Waals surface area contributed by atoms with Crippen molar-refractivity contribution >= 4 is 49.3 Å². The molecular weight excluding hydrogens is 1470 g/mol. The molecule has 0 aromatic rings. The zero-order chi connectivity index (χ0) is 81.5. The molecule has 5 saturated heterocycles. The number of ether oxygens (including phenoxy) is 11. The molecule has 109 heavy (non-hydrogen) atoms. The number of aliphatic hydroxyl groups excluding tert-OH is 10. The molecule has 0 spiro atoms. The first-order chi connectivity index (χ1) is 50.9. The highest BCUT2D eigenvalue weighted by molar-refractivity contribution is 7.47. The van der Waals surface area contributed by atoms with Crippen molar-refractivity contribution in [3.8, 4) is 0 Å². The summed E-state index contributed by atoms with van der Waals surface area (Å²) in [5.74, 6) is -7.66. The summed E-state index contributed by atoms with van der Waals surface area (Å²) in [4.78, 5) is 102. The number of nitrogens with two attached hydrogens (primary N) is 2. The van der Waals surface area contributed by atoms with E-state index < -0.39 is 240 Å². The van der Waals surface area contributed by atoms with E-state index in [1.165, 1.54) is 18.1 Å². The Kier molecular flexibility index (Phi) is 34.1. The van der Waals surface area contributed by atoms with Crippen molar-refractivity contribution < 1.29 is 165 Å². The Labute approximate surface area is 628 Å². The highest BCUT2D eigenvalue weighted by atomic mass is 31.2. The van der Waals surface area contributed by atoms with Gasteiger partial charge in [-0.2, -0.15) is 0 Å². The quantitative estimate of drug-likeness (QED) is 0.0236. The number of hydrogen-bond donors (Lipinski definition) is 18. The van der Waals surface area contributed by atoms with Crippen LogP contribution >= 0.6 is 7.82 Å². The molecule has 0 radical (unpaired) electrons. The smallest absolute Gasteiger partial charge is 0.474 e. The summed E-state index contributed by atoms with van der Waals surface area (Å²) in [5, 5.41) is 139. The molecule has 5 fully saturated rings. The Bertz CT molecular complexity index is 3360. The van der Waals surface area contributed by atoms with Gasteiger partial charge in [0.1, 0.15) is 102 Å².